The van der Waals surface area contributed by atoms with E-state index in [0.29, 0.717) is 12.2 Å². The van der Waals surface area contributed by atoms with Crippen molar-refractivity contribution in [2.45, 2.75) is 13.0 Å². The number of amides is 2. The summed E-state index contributed by atoms with van der Waals surface area (Å²) in [5, 5.41) is 9.01. The molecule has 0 saturated heterocycles. The molecule has 0 spiro atoms. The van der Waals surface area contributed by atoms with Crippen LogP contribution in [0.3, 0.4) is 0 Å². The summed E-state index contributed by atoms with van der Waals surface area (Å²) in [6.07, 6.45) is 3.21. The second-order valence-electron chi connectivity index (χ2n) is 5.15. The molecule has 0 aliphatic carbocycles. The van der Waals surface area contributed by atoms with Crippen molar-refractivity contribution in [3.05, 3.63) is 72.1 Å². The van der Waals surface area contributed by atoms with Gasteiger partial charge in [-0.1, -0.05) is 29.4 Å². The highest BCUT2D eigenvalue weighted by Crippen LogP contribution is 2.06. The van der Waals surface area contributed by atoms with Crippen LogP contribution >= 0.6 is 0 Å². The van der Waals surface area contributed by atoms with E-state index in [2.05, 4.69) is 25.8 Å². The molecule has 0 saturated carbocycles. The van der Waals surface area contributed by atoms with Gasteiger partial charge in [0.1, 0.15) is 0 Å². The first kappa shape index (κ1) is 16.3. The predicted molar refractivity (Wildman–Crippen MR) is 88.5 cm³/mol. The first-order valence-corrected chi connectivity index (χ1v) is 7.55. The van der Waals surface area contributed by atoms with E-state index < -0.39 is 5.91 Å². The maximum absolute atomic E-state index is 12.0. The second-order valence-corrected chi connectivity index (χ2v) is 5.15. The van der Waals surface area contributed by atoms with Crippen LogP contribution in [0.5, 0.6) is 0 Å². The third-order valence-corrected chi connectivity index (χ3v) is 3.21. The van der Waals surface area contributed by atoms with Gasteiger partial charge in [-0.2, -0.15) is 4.98 Å². The molecule has 25 heavy (non-hydrogen) atoms. The predicted octanol–water partition coefficient (Wildman–Crippen LogP) is 1.58. The van der Waals surface area contributed by atoms with Gasteiger partial charge in [-0.3, -0.25) is 14.6 Å². The van der Waals surface area contributed by atoms with Gasteiger partial charge in [0.25, 0.3) is 0 Å². The highest BCUT2D eigenvalue weighted by Gasteiger charge is 2.16. The lowest BCUT2D eigenvalue weighted by Gasteiger charge is -2.02. The Balaban J connectivity index is 1.53. The van der Waals surface area contributed by atoms with Crippen molar-refractivity contribution < 1.29 is 14.1 Å². The maximum Gasteiger partial charge on any atom is 0.315 e. The Kier molecular flexibility index (Phi) is 5.10. The fourth-order valence-electron chi connectivity index (χ4n) is 2.05. The van der Waals surface area contributed by atoms with E-state index in [1.807, 2.05) is 24.3 Å². The van der Waals surface area contributed by atoms with Crippen LogP contribution in [0, 0.1) is 0 Å². The summed E-state index contributed by atoms with van der Waals surface area (Å²) in [5.74, 6) is -0.855. The van der Waals surface area contributed by atoms with E-state index in [4.69, 9.17) is 4.52 Å². The minimum absolute atomic E-state index is 0.0890. The number of hydrogen-bond acceptors (Lipinski definition) is 6. The van der Waals surface area contributed by atoms with Crippen LogP contribution < -0.4 is 10.6 Å². The van der Waals surface area contributed by atoms with Gasteiger partial charge in [-0.05, 0) is 23.8 Å². The van der Waals surface area contributed by atoms with Crippen LogP contribution in [-0.2, 0) is 17.8 Å². The molecule has 3 rings (SSSR count). The van der Waals surface area contributed by atoms with Crippen LogP contribution in [0.15, 0.2) is 59.4 Å². The smallest absolute Gasteiger partial charge is 0.315 e. The number of nitrogens with zero attached hydrogens (tertiary/aromatic N) is 3. The Labute approximate surface area is 143 Å². The standard InChI is InChI=1S/C17H15N5O3/c23-15(20-13-6-2-1-3-7-13)9-14-21-17(25-22-14)16(24)19-11-12-5-4-8-18-10-12/h1-8,10H,9,11H2,(H,19,24)(H,20,23). The molecule has 0 aliphatic rings. The number of rotatable bonds is 6. The number of carbonyl (C=O) groups is 2. The Bertz CT molecular complexity index is 849. The zero-order valence-corrected chi connectivity index (χ0v) is 13.2. The maximum atomic E-state index is 12.0. The third kappa shape index (κ3) is 4.71. The lowest BCUT2D eigenvalue weighted by molar-refractivity contribution is -0.115. The zero-order chi connectivity index (χ0) is 17.5. The lowest BCUT2D eigenvalue weighted by atomic mass is 10.3. The quantitative estimate of drug-likeness (QED) is 0.706. The SMILES string of the molecule is O=C(Cc1noc(C(=O)NCc2cccnc2)n1)Nc1ccccc1. The molecule has 8 nitrogen and oxygen atoms in total. The van der Waals surface area contributed by atoms with Gasteiger partial charge < -0.3 is 15.2 Å². The molecule has 2 aromatic heterocycles. The molecule has 3 aromatic rings. The summed E-state index contributed by atoms with van der Waals surface area (Å²) in [6.45, 7) is 0.291. The van der Waals surface area contributed by atoms with Gasteiger partial charge in [0.15, 0.2) is 5.82 Å². The van der Waals surface area contributed by atoms with Crippen molar-refractivity contribution in [1.82, 2.24) is 20.4 Å². The summed E-state index contributed by atoms with van der Waals surface area (Å²) in [7, 11) is 0. The van der Waals surface area contributed by atoms with E-state index in [1.54, 1.807) is 30.6 Å². The number of anilines is 1. The fourth-order valence-corrected chi connectivity index (χ4v) is 2.05. The first-order chi connectivity index (χ1) is 12.2. The van der Waals surface area contributed by atoms with E-state index in [-0.39, 0.29) is 24.0 Å². The molecule has 0 fully saturated rings. The fraction of sp³-hybridized carbons (Fsp3) is 0.118. The number of para-hydroxylation sites is 1. The minimum atomic E-state index is -0.508. The van der Waals surface area contributed by atoms with Crippen LogP contribution in [0.1, 0.15) is 22.1 Å². The minimum Gasteiger partial charge on any atom is -0.344 e. The first-order valence-electron chi connectivity index (χ1n) is 7.55. The van der Waals surface area contributed by atoms with E-state index in [0.717, 1.165) is 5.56 Å². The summed E-state index contributed by atoms with van der Waals surface area (Å²) in [6, 6.07) is 12.6. The normalized spacial score (nSPS) is 10.2. The summed E-state index contributed by atoms with van der Waals surface area (Å²) in [5.41, 5.74) is 1.52. The van der Waals surface area contributed by atoms with Crippen molar-refractivity contribution in [3.63, 3.8) is 0 Å². The largest absolute Gasteiger partial charge is 0.344 e. The van der Waals surface area contributed by atoms with Gasteiger partial charge >= 0.3 is 11.8 Å². The summed E-state index contributed by atoms with van der Waals surface area (Å²) >= 11 is 0. The molecule has 8 heteroatoms. The average Bonchev–Trinajstić information content (AvgIpc) is 3.10. The summed E-state index contributed by atoms with van der Waals surface area (Å²) in [4.78, 5) is 31.8. The van der Waals surface area contributed by atoms with Crippen molar-refractivity contribution in [2.24, 2.45) is 0 Å². The van der Waals surface area contributed by atoms with Crippen molar-refractivity contribution in [1.29, 1.82) is 0 Å². The van der Waals surface area contributed by atoms with Crippen molar-refractivity contribution >= 4 is 17.5 Å². The molecule has 2 N–H and O–H groups in total. The van der Waals surface area contributed by atoms with Crippen LogP contribution in [0.25, 0.3) is 0 Å². The van der Waals surface area contributed by atoms with E-state index in [9.17, 15) is 9.59 Å². The van der Waals surface area contributed by atoms with Crippen molar-refractivity contribution in [3.8, 4) is 0 Å². The molecular formula is C17H15N5O3. The van der Waals surface area contributed by atoms with Gasteiger partial charge in [0.05, 0.1) is 6.42 Å². The van der Waals surface area contributed by atoms with Gasteiger partial charge in [-0.25, -0.2) is 0 Å². The van der Waals surface area contributed by atoms with Crippen LogP contribution in [-0.4, -0.2) is 26.9 Å². The monoisotopic (exact) mass is 337 g/mol. The molecule has 0 radical (unpaired) electrons. The van der Waals surface area contributed by atoms with Crippen LogP contribution in [0.4, 0.5) is 5.69 Å². The Hall–Kier alpha value is -3.55. The molecule has 2 amide bonds. The zero-order valence-electron chi connectivity index (χ0n) is 13.2. The number of carbonyl (C=O) groups excluding carboxylic acids is 2. The molecule has 0 bridgehead atoms. The average molecular weight is 337 g/mol. The number of aromatic nitrogens is 3. The molecular weight excluding hydrogens is 322 g/mol. The molecule has 1 aromatic carbocycles. The third-order valence-electron chi connectivity index (χ3n) is 3.21. The molecule has 2 heterocycles. The Morgan fingerprint density at radius 1 is 1.08 bits per heavy atom. The second kappa shape index (κ2) is 7.82. The van der Waals surface area contributed by atoms with E-state index in [1.165, 1.54) is 0 Å². The number of benzene rings is 1. The highest BCUT2D eigenvalue weighted by atomic mass is 16.5. The van der Waals surface area contributed by atoms with Gasteiger partial charge in [-0.15, -0.1) is 0 Å². The lowest BCUT2D eigenvalue weighted by Crippen LogP contribution is -2.23. The molecule has 0 aliphatic heterocycles. The summed E-state index contributed by atoms with van der Waals surface area (Å²) < 4.78 is 4.90. The highest BCUT2D eigenvalue weighted by molar-refractivity contribution is 5.92. The Morgan fingerprint density at radius 3 is 2.68 bits per heavy atom. The Morgan fingerprint density at radius 2 is 1.92 bits per heavy atom. The van der Waals surface area contributed by atoms with Gasteiger partial charge in [0, 0.05) is 24.6 Å². The van der Waals surface area contributed by atoms with Crippen molar-refractivity contribution in [2.75, 3.05) is 5.32 Å². The van der Waals surface area contributed by atoms with E-state index >= 15 is 0 Å². The molecule has 0 atom stereocenters. The van der Waals surface area contributed by atoms with Gasteiger partial charge in [0.2, 0.25) is 5.91 Å². The molecule has 126 valence electrons. The van der Waals surface area contributed by atoms with Crippen LogP contribution in [0.2, 0.25) is 0 Å². The number of nitrogens with one attached hydrogen (secondary N) is 2. The molecule has 0 unspecified atom stereocenters. The topological polar surface area (TPSA) is 110 Å². The number of hydrogen-bond donors (Lipinski definition) is 2. The number of pyridine rings is 1.